The standard InChI is InChI=1S/C27H29FN10O2/c1-27(2,40)22(28)15-34-26(39)20-14-32-23(38-9-8-18-10-16(12-29)13-33-24(18)38)11-21(20)35-19-6-4-17(5-7-19)25(36-30)37(3)31/h4-11,13-14,22,40H,15,30-31H2,1-3H3,(H,32,35)(H,34,39)/b36-25-/t22-/m1/s1. The maximum atomic E-state index is 14.3. The van der Waals surface area contributed by atoms with Crippen molar-refractivity contribution in [2.75, 3.05) is 18.9 Å². The highest BCUT2D eigenvalue weighted by molar-refractivity contribution is 6.01. The molecule has 206 valence electrons. The Kier molecular flexibility index (Phi) is 7.94. The van der Waals surface area contributed by atoms with Crippen LogP contribution in [0, 0.1) is 11.3 Å². The lowest BCUT2D eigenvalue weighted by atomic mass is 10.0. The van der Waals surface area contributed by atoms with Gasteiger partial charge >= 0.3 is 0 Å². The van der Waals surface area contributed by atoms with Crippen LogP contribution in [0.3, 0.4) is 0 Å². The molecular weight excluding hydrogens is 515 g/mol. The van der Waals surface area contributed by atoms with Crippen molar-refractivity contribution in [1.29, 1.82) is 5.26 Å². The van der Waals surface area contributed by atoms with Gasteiger partial charge in [-0.05, 0) is 50.2 Å². The number of pyridine rings is 2. The molecule has 4 aromatic rings. The molecule has 0 aliphatic carbocycles. The van der Waals surface area contributed by atoms with Gasteiger partial charge in [-0.25, -0.2) is 20.2 Å². The zero-order valence-electron chi connectivity index (χ0n) is 22.1. The third-order valence-corrected chi connectivity index (χ3v) is 6.12. The topological polar surface area (TPSA) is 183 Å². The van der Waals surface area contributed by atoms with Crippen LogP contribution in [0.25, 0.3) is 16.9 Å². The van der Waals surface area contributed by atoms with Crippen LogP contribution in [0.1, 0.15) is 35.3 Å². The average Bonchev–Trinajstić information content (AvgIpc) is 3.35. The van der Waals surface area contributed by atoms with Gasteiger partial charge in [0.05, 0.1) is 29.0 Å². The van der Waals surface area contributed by atoms with E-state index in [0.717, 1.165) is 5.39 Å². The van der Waals surface area contributed by atoms with Crippen LogP contribution in [-0.2, 0) is 0 Å². The molecule has 0 saturated carbocycles. The van der Waals surface area contributed by atoms with Gasteiger partial charge in [-0.3, -0.25) is 14.4 Å². The van der Waals surface area contributed by atoms with E-state index in [2.05, 4.69) is 31.8 Å². The number of carbonyl (C=O) groups is 1. The number of nitriles is 1. The Morgan fingerprint density at radius 3 is 2.60 bits per heavy atom. The Balaban J connectivity index is 1.71. The minimum atomic E-state index is -1.68. The number of hydrogen-bond acceptors (Lipinski definition) is 9. The van der Waals surface area contributed by atoms with Gasteiger partial charge < -0.3 is 21.6 Å². The number of fused-ring (bicyclic) bond motifs is 1. The van der Waals surface area contributed by atoms with Crippen molar-refractivity contribution in [3.8, 4) is 11.9 Å². The second kappa shape index (κ2) is 11.4. The van der Waals surface area contributed by atoms with Crippen LogP contribution in [0.2, 0.25) is 0 Å². The highest BCUT2D eigenvalue weighted by Gasteiger charge is 2.27. The Labute approximate surface area is 229 Å². The van der Waals surface area contributed by atoms with Gasteiger partial charge in [-0.15, -0.1) is 0 Å². The van der Waals surface area contributed by atoms with Gasteiger partial charge in [0.1, 0.15) is 23.7 Å². The summed E-state index contributed by atoms with van der Waals surface area (Å²) in [6, 6.07) is 14.3. The number of carbonyl (C=O) groups excluding carboxylic acids is 1. The largest absolute Gasteiger partial charge is 0.387 e. The number of hydrazine groups is 1. The second-order valence-electron chi connectivity index (χ2n) is 9.62. The molecular formula is C27H29FN10O2. The zero-order chi connectivity index (χ0) is 29.0. The average molecular weight is 545 g/mol. The Morgan fingerprint density at radius 1 is 1.25 bits per heavy atom. The minimum absolute atomic E-state index is 0.151. The number of nitrogens with two attached hydrogens (primary N) is 2. The first-order chi connectivity index (χ1) is 19.0. The van der Waals surface area contributed by atoms with E-state index in [1.54, 1.807) is 60.3 Å². The predicted octanol–water partition coefficient (Wildman–Crippen LogP) is 2.30. The van der Waals surface area contributed by atoms with E-state index < -0.39 is 17.7 Å². The van der Waals surface area contributed by atoms with Gasteiger partial charge in [-0.2, -0.15) is 10.4 Å². The molecule has 3 aromatic heterocycles. The molecule has 3 heterocycles. The quantitative estimate of drug-likeness (QED) is 0.0961. The summed E-state index contributed by atoms with van der Waals surface area (Å²) < 4.78 is 16.0. The SMILES string of the molecule is CN(N)/C(=N\N)c1ccc(Nc2cc(-n3ccc4cc(C#N)cnc43)ncc2C(=O)NC[C@@H](F)C(C)(C)O)cc1. The molecule has 0 bridgehead atoms. The molecule has 0 aliphatic heterocycles. The van der Waals surface area contributed by atoms with Crippen LogP contribution >= 0.6 is 0 Å². The van der Waals surface area contributed by atoms with E-state index in [1.807, 2.05) is 0 Å². The molecule has 7 N–H and O–H groups in total. The van der Waals surface area contributed by atoms with Crippen LogP contribution in [0.15, 0.2) is 66.2 Å². The number of hydrazone groups is 1. The Bertz CT molecular complexity index is 1600. The van der Waals surface area contributed by atoms with Crippen LogP contribution < -0.4 is 22.3 Å². The lowest BCUT2D eigenvalue weighted by molar-refractivity contribution is -0.00177. The number of aliphatic hydroxyl groups is 1. The van der Waals surface area contributed by atoms with Gasteiger partial charge in [-0.1, -0.05) is 0 Å². The molecule has 12 nitrogen and oxygen atoms in total. The molecule has 13 heteroatoms. The van der Waals surface area contributed by atoms with Crippen molar-refractivity contribution < 1.29 is 14.3 Å². The minimum Gasteiger partial charge on any atom is -0.387 e. The smallest absolute Gasteiger partial charge is 0.255 e. The normalized spacial score (nSPS) is 12.6. The van der Waals surface area contributed by atoms with E-state index in [-0.39, 0.29) is 12.1 Å². The Morgan fingerprint density at radius 2 is 1.98 bits per heavy atom. The molecule has 1 aromatic carbocycles. The molecule has 0 aliphatic rings. The van der Waals surface area contributed by atoms with E-state index in [0.29, 0.717) is 39.8 Å². The number of nitrogens with one attached hydrogen (secondary N) is 2. The molecule has 0 fully saturated rings. The summed E-state index contributed by atoms with van der Waals surface area (Å²) in [4.78, 5) is 21.9. The Hall–Kier alpha value is -5.06. The molecule has 4 rings (SSSR count). The number of aromatic nitrogens is 3. The number of anilines is 2. The third kappa shape index (κ3) is 5.98. The number of amides is 1. The van der Waals surface area contributed by atoms with Crippen molar-refractivity contribution in [3.63, 3.8) is 0 Å². The number of nitrogens with zero attached hydrogens (tertiary/aromatic N) is 6. The zero-order valence-corrected chi connectivity index (χ0v) is 22.1. The number of hydrogen-bond donors (Lipinski definition) is 5. The molecule has 40 heavy (non-hydrogen) atoms. The van der Waals surface area contributed by atoms with Crippen molar-refractivity contribution in [3.05, 3.63) is 77.7 Å². The summed E-state index contributed by atoms with van der Waals surface area (Å²) >= 11 is 0. The van der Waals surface area contributed by atoms with Crippen LogP contribution in [0.4, 0.5) is 15.8 Å². The second-order valence-corrected chi connectivity index (χ2v) is 9.62. The number of rotatable bonds is 8. The first-order valence-electron chi connectivity index (χ1n) is 12.2. The third-order valence-electron chi connectivity index (χ3n) is 6.12. The summed E-state index contributed by atoms with van der Waals surface area (Å²) in [5, 5.41) is 30.5. The lowest BCUT2D eigenvalue weighted by Crippen LogP contribution is -2.42. The highest BCUT2D eigenvalue weighted by Crippen LogP contribution is 2.26. The fourth-order valence-corrected chi connectivity index (χ4v) is 3.89. The molecule has 1 amide bonds. The van der Waals surface area contributed by atoms with Crippen molar-refractivity contribution >= 4 is 34.2 Å². The van der Waals surface area contributed by atoms with E-state index in [9.17, 15) is 19.6 Å². The summed E-state index contributed by atoms with van der Waals surface area (Å²) in [6.07, 6.45) is 2.92. The van der Waals surface area contributed by atoms with Crippen molar-refractivity contribution in [2.24, 2.45) is 16.8 Å². The van der Waals surface area contributed by atoms with Gasteiger partial charge in [0.25, 0.3) is 5.91 Å². The lowest BCUT2D eigenvalue weighted by Gasteiger charge is -2.22. The highest BCUT2D eigenvalue weighted by atomic mass is 19.1. The number of benzene rings is 1. The monoisotopic (exact) mass is 544 g/mol. The predicted molar refractivity (Wildman–Crippen MR) is 150 cm³/mol. The maximum Gasteiger partial charge on any atom is 0.255 e. The van der Waals surface area contributed by atoms with Gasteiger partial charge in [0, 0.05) is 48.3 Å². The first-order valence-corrected chi connectivity index (χ1v) is 12.2. The van der Waals surface area contributed by atoms with Gasteiger partial charge in [0.2, 0.25) is 0 Å². The van der Waals surface area contributed by atoms with Crippen LogP contribution in [-0.4, -0.2) is 61.8 Å². The molecule has 0 unspecified atom stereocenters. The fourth-order valence-electron chi connectivity index (χ4n) is 3.89. The fraction of sp³-hybridized carbons (Fsp3) is 0.222. The van der Waals surface area contributed by atoms with Gasteiger partial charge in [0.15, 0.2) is 5.84 Å². The number of halogens is 1. The molecule has 0 spiro atoms. The van der Waals surface area contributed by atoms with E-state index in [4.69, 9.17) is 11.7 Å². The van der Waals surface area contributed by atoms with Crippen molar-refractivity contribution in [1.82, 2.24) is 24.9 Å². The maximum absolute atomic E-state index is 14.3. The summed E-state index contributed by atoms with van der Waals surface area (Å²) in [7, 11) is 1.61. The molecule has 1 atom stereocenters. The molecule has 0 saturated heterocycles. The van der Waals surface area contributed by atoms with E-state index >= 15 is 0 Å². The first kappa shape index (κ1) is 28.0. The van der Waals surface area contributed by atoms with E-state index in [1.165, 1.54) is 31.3 Å². The summed E-state index contributed by atoms with van der Waals surface area (Å²) in [6.45, 7) is 2.27. The number of amidine groups is 1. The van der Waals surface area contributed by atoms with Crippen LogP contribution in [0.5, 0.6) is 0 Å². The summed E-state index contributed by atoms with van der Waals surface area (Å²) in [5.41, 5.74) is 1.22. The number of alkyl halides is 1. The molecule has 0 radical (unpaired) electrons. The summed E-state index contributed by atoms with van der Waals surface area (Å²) in [5.74, 6) is 11.5. The van der Waals surface area contributed by atoms with Crippen molar-refractivity contribution in [2.45, 2.75) is 25.6 Å².